The van der Waals surface area contributed by atoms with Gasteiger partial charge in [-0.3, -0.25) is 0 Å². The van der Waals surface area contributed by atoms with Gasteiger partial charge in [0.05, 0.1) is 12.7 Å². The predicted molar refractivity (Wildman–Crippen MR) is 39.7 cm³/mol. The topological polar surface area (TPSA) is 18.5 Å². The maximum atomic E-state index is 5.50. The highest BCUT2D eigenvalue weighted by Crippen LogP contribution is 2.28. The van der Waals surface area contributed by atoms with Gasteiger partial charge in [-0.05, 0) is 6.92 Å². The summed E-state index contributed by atoms with van der Waals surface area (Å²) < 4.78 is 10.9. The second-order valence-electron chi connectivity index (χ2n) is 3.98. The maximum Gasteiger partial charge on any atom is 0.162 e. The summed E-state index contributed by atoms with van der Waals surface area (Å²) in [6, 6.07) is 0. The van der Waals surface area contributed by atoms with Crippen molar-refractivity contribution in [2.45, 2.75) is 40.1 Å². The van der Waals surface area contributed by atoms with E-state index in [2.05, 4.69) is 20.8 Å². The Morgan fingerprint density at radius 1 is 1.30 bits per heavy atom. The molecule has 0 aromatic heterocycles. The molecule has 1 fully saturated rings. The zero-order valence-electron chi connectivity index (χ0n) is 7.18. The van der Waals surface area contributed by atoms with E-state index >= 15 is 0 Å². The van der Waals surface area contributed by atoms with Crippen LogP contribution in [0.3, 0.4) is 0 Å². The van der Waals surface area contributed by atoms with Gasteiger partial charge in [0.2, 0.25) is 0 Å². The molecule has 0 amide bonds. The molecular weight excluding hydrogens is 128 g/mol. The SMILES string of the molecule is CC1COC(C(C)(C)C)O1. The normalized spacial score (nSPS) is 34.8. The highest BCUT2D eigenvalue weighted by atomic mass is 16.7. The van der Waals surface area contributed by atoms with E-state index in [1.165, 1.54) is 0 Å². The molecule has 60 valence electrons. The molecule has 2 heteroatoms. The first-order valence-corrected chi connectivity index (χ1v) is 3.77. The fourth-order valence-corrected chi connectivity index (χ4v) is 0.967. The molecule has 1 saturated heterocycles. The van der Waals surface area contributed by atoms with Crippen LogP contribution in [0.15, 0.2) is 0 Å². The smallest absolute Gasteiger partial charge is 0.162 e. The Labute approximate surface area is 62.5 Å². The molecule has 0 N–H and O–H groups in total. The number of hydrogen-bond donors (Lipinski definition) is 0. The van der Waals surface area contributed by atoms with Gasteiger partial charge in [0, 0.05) is 5.41 Å². The van der Waals surface area contributed by atoms with Crippen LogP contribution in [0.4, 0.5) is 0 Å². The van der Waals surface area contributed by atoms with Gasteiger partial charge >= 0.3 is 0 Å². The monoisotopic (exact) mass is 144 g/mol. The molecule has 0 aromatic carbocycles. The van der Waals surface area contributed by atoms with E-state index in [1.807, 2.05) is 6.92 Å². The third kappa shape index (κ3) is 1.70. The zero-order valence-corrected chi connectivity index (χ0v) is 7.18. The van der Waals surface area contributed by atoms with E-state index in [0.29, 0.717) is 0 Å². The molecule has 10 heavy (non-hydrogen) atoms. The predicted octanol–water partition coefficient (Wildman–Crippen LogP) is 1.79. The Hall–Kier alpha value is -0.0800. The lowest BCUT2D eigenvalue weighted by Crippen LogP contribution is -2.27. The van der Waals surface area contributed by atoms with Crippen molar-refractivity contribution in [3.63, 3.8) is 0 Å². The van der Waals surface area contributed by atoms with E-state index in [9.17, 15) is 0 Å². The van der Waals surface area contributed by atoms with Crippen molar-refractivity contribution >= 4 is 0 Å². The van der Waals surface area contributed by atoms with E-state index in [4.69, 9.17) is 9.47 Å². The Morgan fingerprint density at radius 3 is 2.10 bits per heavy atom. The van der Waals surface area contributed by atoms with Crippen LogP contribution < -0.4 is 0 Å². The van der Waals surface area contributed by atoms with Crippen LogP contribution in [-0.2, 0) is 9.47 Å². The first-order valence-electron chi connectivity index (χ1n) is 3.77. The fraction of sp³-hybridized carbons (Fsp3) is 1.00. The third-order valence-corrected chi connectivity index (χ3v) is 1.55. The van der Waals surface area contributed by atoms with Crippen molar-refractivity contribution in [2.24, 2.45) is 5.41 Å². The molecule has 0 saturated carbocycles. The number of ether oxygens (including phenoxy) is 2. The van der Waals surface area contributed by atoms with Crippen molar-refractivity contribution in [3.8, 4) is 0 Å². The summed E-state index contributed by atoms with van der Waals surface area (Å²) in [5.74, 6) is 0. The summed E-state index contributed by atoms with van der Waals surface area (Å²) in [7, 11) is 0. The van der Waals surface area contributed by atoms with Crippen LogP contribution in [0, 0.1) is 5.41 Å². The summed E-state index contributed by atoms with van der Waals surface area (Å²) in [5, 5.41) is 0. The Morgan fingerprint density at radius 2 is 1.90 bits per heavy atom. The van der Waals surface area contributed by atoms with Crippen molar-refractivity contribution in [2.75, 3.05) is 6.61 Å². The first kappa shape index (κ1) is 8.02. The van der Waals surface area contributed by atoms with Crippen molar-refractivity contribution in [1.29, 1.82) is 0 Å². The average molecular weight is 144 g/mol. The molecular formula is C8H16O2. The average Bonchev–Trinajstić information content (AvgIpc) is 2.11. The van der Waals surface area contributed by atoms with Gasteiger partial charge < -0.3 is 9.47 Å². The van der Waals surface area contributed by atoms with E-state index in [-0.39, 0.29) is 17.8 Å². The summed E-state index contributed by atoms with van der Waals surface area (Å²) in [6.45, 7) is 9.13. The molecule has 0 radical (unpaired) electrons. The van der Waals surface area contributed by atoms with Gasteiger partial charge in [-0.1, -0.05) is 20.8 Å². The van der Waals surface area contributed by atoms with Crippen molar-refractivity contribution in [3.05, 3.63) is 0 Å². The van der Waals surface area contributed by atoms with Gasteiger partial charge in [-0.15, -0.1) is 0 Å². The highest BCUT2D eigenvalue weighted by molar-refractivity contribution is 4.72. The second-order valence-corrected chi connectivity index (χ2v) is 3.98. The Balaban J connectivity index is 2.45. The molecule has 0 aliphatic carbocycles. The Bertz CT molecular complexity index is 115. The van der Waals surface area contributed by atoms with Crippen LogP contribution >= 0.6 is 0 Å². The summed E-state index contributed by atoms with van der Waals surface area (Å²) in [4.78, 5) is 0. The van der Waals surface area contributed by atoms with E-state index in [0.717, 1.165) is 6.61 Å². The molecule has 1 heterocycles. The zero-order chi connectivity index (χ0) is 7.78. The van der Waals surface area contributed by atoms with E-state index in [1.54, 1.807) is 0 Å². The Kier molecular flexibility index (Phi) is 2.02. The molecule has 2 nitrogen and oxygen atoms in total. The van der Waals surface area contributed by atoms with Gasteiger partial charge in [-0.25, -0.2) is 0 Å². The fourth-order valence-electron chi connectivity index (χ4n) is 0.967. The molecule has 2 unspecified atom stereocenters. The molecule has 1 aliphatic heterocycles. The number of rotatable bonds is 0. The number of hydrogen-bond acceptors (Lipinski definition) is 2. The van der Waals surface area contributed by atoms with Crippen LogP contribution in [0.5, 0.6) is 0 Å². The lowest BCUT2D eigenvalue weighted by molar-refractivity contribution is -0.122. The van der Waals surface area contributed by atoms with Crippen molar-refractivity contribution < 1.29 is 9.47 Å². The van der Waals surface area contributed by atoms with Crippen LogP contribution in [0.2, 0.25) is 0 Å². The van der Waals surface area contributed by atoms with Crippen molar-refractivity contribution in [1.82, 2.24) is 0 Å². The summed E-state index contributed by atoms with van der Waals surface area (Å²) in [5.41, 5.74) is 0.116. The minimum atomic E-state index is -0.0116. The third-order valence-electron chi connectivity index (χ3n) is 1.55. The lowest BCUT2D eigenvalue weighted by Gasteiger charge is -2.24. The highest BCUT2D eigenvalue weighted by Gasteiger charge is 2.32. The van der Waals surface area contributed by atoms with Gasteiger partial charge in [0.1, 0.15) is 0 Å². The molecule has 0 aromatic rings. The minimum Gasteiger partial charge on any atom is -0.349 e. The van der Waals surface area contributed by atoms with Gasteiger partial charge in [0.25, 0.3) is 0 Å². The van der Waals surface area contributed by atoms with Gasteiger partial charge in [0.15, 0.2) is 6.29 Å². The van der Waals surface area contributed by atoms with E-state index < -0.39 is 0 Å². The maximum absolute atomic E-state index is 5.50. The lowest BCUT2D eigenvalue weighted by atomic mass is 9.96. The first-order chi connectivity index (χ1) is 4.50. The summed E-state index contributed by atoms with van der Waals surface area (Å²) >= 11 is 0. The minimum absolute atomic E-state index is 0.0116. The van der Waals surface area contributed by atoms with Gasteiger partial charge in [-0.2, -0.15) is 0 Å². The largest absolute Gasteiger partial charge is 0.349 e. The van der Waals surface area contributed by atoms with Crippen LogP contribution in [-0.4, -0.2) is 19.0 Å². The molecule has 0 bridgehead atoms. The quantitative estimate of drug-likeness (QED) is 0.516. The molecule has 2 atom stereocenters. The standard InChI is InChI=1S/C8H16O2/c1-6-5-9-7(10-6)8(2,3)4/h6-7H,5H2,1-4H3. The second kappa shape index (κ2) is 2.51. The van der Waals surface area contributed by atoms with Crippen LogP contribution in [0.1, 0.15) is 27.7 Å². The molecule has 0 spiro atoms. The van der Waals surface area contributed by atoms with Crippen LogP contribution in [0.25, 0.3) is 0 Å². The molecule has 1 rings (SSSR count). The summed E-state index contributed by atoms with van der Waals surface area (Å²) in [6.07, 6.45) is 0.256. The molecule has 1 aliphatic rings.